The van der Waals surface area contributed by atoms with Gasteiger partial charge in [0, 0.05) is 19.4 Å². The number of hydrogen-bond acceptors (Lipinski definition) is 2. The first kappa shape index (κ1) is 15.6. The molecule has 112 valence electrons. The average molecular weight is 293 g/mol. The first-order chi connectivity index (χ1) is 10.6. The van der Waals surface area contributed by atoms with Crippen LogP contribution in [0.3, 0.4) is 0 Å². The molecule has 1 unspecified atom stereocenters. The van der Waals surface area contributed by atoms with Gasteiger partial charge in [0.25, 0.3) is 5.91 Å². The van der Waals surface area contributed by atoms with Gasteiger partial charge in [-0.25, -0.2) is 0 Å². The Morgan fingerprint density at radius 1 is 1.36 bits per heavy atom. The van der Waals surface area contributed by atoms with Crippen molar-refractivity contribution in [1.82, 2.24) is 9.88 Å². The van der Waals surface area contributed by atoms with E-state index in [0.29, 0.717) is 0 Å². The minimum absolute atomic E-state index is 0.0961. The first-order valence-electron chi connectivity index (χ1n) is 7.23. The summed E-state index contributed by atoms with van der Waals surface area (Å²) >= 11 is 0. The minimum Gasteiger partial charge on any atom is -0.357 e. The van der Waals surface area contributed by atoms with Gasteiger partial charge in [0.2, 0.25) is 0 Å². The smallest absolute Gasteiger partial charge is 0.262 e. The number of aryl methyl sites for hydroxylation is 1. The molecule has 0 saturated heterocycles. The molecule has 2 aromatic rings. The highest BCUT2D eigenvalue weighted by molar-refractivity contribution is 6.01. The molecule has 1 aromatic heterocycles. The van der Waals surface area contributed by atoms with Gasteiger partial charge < -0.3 is 9.88 Å². The van der Waals surface area contributed by atoms with Crippen LogP contribution < -0.4 is 5.32 Å². The molecule has 1 N–H and O–H groups in total. The third-order valence-corrected chi connectivity index (χ3v) is 3.45. The van der Waals surface area contributed by atoms with E-state index in [1.807, 2.05) is 73.4 Å². The number of hydrogen-bond donors (Lipinski definition) is 1. The van der Waals surface area contributed by atoms with Crippen molar-refractivity contribution in [2.75, 3.05) is 0 Å². The Balaban J connectivity index is 2.15. The number of nitrogens with one attached hydrogen (secondary N) is 1. The Bertz CT molecular complexity index is 707. The second kappa shape index (κ2) is 7.28. The number of rotatable bonds is 5. The molecule has 4 heteroatoms. The highest BCUT2D eigenvalue weighted by Crippen LogP contribution is 2.17. The quantitative estimate of drug-likeness (QED) is 0.680. The van der Waals surface area contributed by atoms with Gasteiger partial charge in [0.1, 0.15) is 11.6 Å². The largest absolute Gasteiger partial charge is 0.357 e. The van der Waals surface area contributed by atoms with Gasteiger partial charge >= 0.3 is 0 Å². The Hall–Kier alpha value is -2.80. The maximum Gasteiger partial charge on any atom is 0.262 e. The molecular weight excluding hydrogens is 274 g/mol. The van der Waals surface area contributed by atoms with Crippen molar-refractivity contribution in [3.8, 4) is 6.07 Å². The third-order valence-electron chi connectivity index (χ3n) is 3.45. The van der Waals surface area contributed by atoms with Crippen LogP contribution in [-0.2, 0) is 11.8 Å². The normalized spacial score (nSPS) is 12.5. The van der Waals surface area contributed by atoms with Crippen molar-refractivity contribution in [1.29, 1.82) is 5.26 Å². The first-order valence-corrected chi connectivity index (χ1v) is 7.23. The molecule has 0 fully saturated rings. The van der Waals surface area contributed by atoms with Crippen molar-refractivity contribution < 1.29 is 4.79 Å². The standard InChI is InChI=1S/C18H19N3O/c1-3-17(15-7-5-4-6-8-15)20-18(22)16(12-19)11-14-9-10-21(2)13-14/h4-11,13,17H,3H2,1-2H3,(H,20,22)/b16-11+. The third kappa shape index (κ3) is 3.86. The Kier molecular flexibility index (Phi) is 5.16. The Labute approximate surface area is 130 Å². The number of carbonyl (C=O) groups is 1. The highest BCUT2D eigenvalue weighted by atomic mass is 16.1. The molecule has 0 aliphatic rings. The molecule has 1 aromatic carbocycles. The van der Waals surface area contributed by atoms with Crippen LogP contribution in [0.25, 0.3) is 6.08 Å². The molecule has 1 heterocycles. The van der Waals surface area contributed by atoms with Gasteiger partial charge in [0.05, 0.1) is 6.04 Å². The van der Waals surface area contributed by atoms with Crippen LogP contribution in [0.4, 0.5) is 0 Å². The summed E-state index contributed by atoms with van der Waals surface area (Å²) in [6.07, 6.45) is 6.10. The van der Waals surface area contributed by atoms with E-state index < -0.39 is 0 Å². The summed E-state index contributed by atoms with van der Waals surface area (Å²) in [6.45, 7) is 2.00. The number of nitriles is 1. The van der Waals surface area contributed by atoms with E-state index in [-0.39, 0.29) is 17.5 Å². The monoisotopic (exact) mass is 293 g/mol. The second-order valence-electron chi connectivity index (χ2n) is 5.13. The number of amides is 1. The predicted molar refractivity (Wildman–Crippen MR) is 86.6 cm³/mol. The van der Waals surface area contributed by atoms with Crippen LogP contribution in [0, 0.1) is 11.3 Å². The number of benzene rings is 1. The van der Waals surface area contributed by atoms with Gasteiger partial charge in [-0.2, -0.15) is 5.26 Å². The SMILES string of the molecule is CCC(NC(=O)/C(C#N)=C/c1ccn(C)c1)c1ccccc1. The number of nitrogens with zero attached hydrogens (tertiary/aromatic N) is 2. The van der Waals surface area contributed by atoms with Gasteiger partial charge in [-0.1, -0.05) is 37.3 Å². The zero-order valence-electron chi connectivity index (χ0n) is 12.8. The highest BCUT2D eigenvalue weighted by Gasteiger charge is 2.15. The predicted octanol–water partition coefficient (Wildman–Crippen LogP) is 3.20. The summed E-state index contributed by atoms with van der Waals surface area (Å²) in [5, 5.41) is 12.2. The maximum atomic E-state index is 12.3. The van der Waals surface area contributed by atoms with E-state index >= 15 is 0 Å². The van der Waals surface area contributed by atoms with Crippen LogP contribution in [0.2, 0.25) is 0 Å². The Morgan fingerprint density at radius 2 is 2.09 bits per heavy atom. The van der Waals surface area contributed by atoms with E-state index in [2.05, 4.69) is 5.32 Å². The number of carbonyl (C=O) groups excluding carboxylic acids is 1. The van der Waals surface area contributed by atoms with Crippen molar-refractivity contribution in [3.05, 3.63) is 65.5 Å². The molecule has 4 nitrogen and oxygen atoms in total. The fourth-order valence-corrected chi connectivity index (χ4v) is 2.27. The lowest BCUT2D eigenvalue weighted by molar-refractivity contribution is -0.117. The van der Waals surface area contributed by atoms with Crippen molar-refractivity contribution in [2.24, 2.45) is 7.05 Å². The van der Waals surface area contributed by atoms with E-state index in [0.717, 1.165) is 17.5 Å². The lowest BCUT2D eigenvalue weighted by Gasteiger charge is -2.17. The fraction of sp³-hybridized carbons (Fsp3) is 0.222. The molecule has 0 spiro atoms. The molecule has 0 saturated carbocycles. The van der Waals surface area contributed by atoms with Crippen molar-refractivity contribution in [2.45, 2.75) is 19.4 Å². The fourth-order valence-electron chi connectivity index (χ4n) is 2.27. The zero-order valence-corrected chi connectivity index (χ0v) is 12.8. The van der Waals surface area contributed by atoms with Gasteiger partial charge in [-0.05, 0) is 29.7 Å². The van der Waals surface area contributed by atoms with Crippen LogP contribution >= 0.6 is 0 Å². The van der Waals surface area contributed by atoms with Crippen LogP contribution in [0.15, 0.2) is 54.4 Å². The van der Waals surface area contributed by atoms with Gasteiger partial charge in [0.15, 0.2) is 0 Å². The van der Waals surface area contributed by atoms with Crippen LogP contribution in [-0.4, -0.2) is 10.5 Å². The van der Waals surface area contributed by atoms with Crippen LogP contribution in [0.5, 0.6) is 0 Å². The van der Waals surface area contributed by atoms with Crippen LogP contribution in [0.1, 0.15) is 30.5 Å². The molecule has 0 aliphatic carbocycles. The molecule has 0 aliphatic heterocycles. The molecular formula is C18H19N3O. The molecule has 1 amide bonds. The van der Waals surface area contributed by atoms with Gasteiger partial charge in [-0.15, -0.1) is 0 Å². The van der Waals surface area contributed by atoms with Gasteiger partial charge in [-0.3, -0.25) is 4.79 Å². The lowest BCUT2D eigenvalue weighted by atomic mass is 10.0. The lowest BCUT2D eigenvalue weighted by Crippen LogP contribution is -2.29. The van der Waals surface area contributed by atoms with E-state index in [4.69, 9.17) is 0 Å². The van der Waals surface area contributed by atoms with E-state index in [1.54, 1.807) is 6.08 Å². The Morgan fingerprint density at radius 3 is 2.64 bits per heavy atom. The van der Waals surface area contributed by atoms with Crippen molar-refractivity contribution >= 4 is 12.0 Å². The second-order valence-corrected chi connectivity index (χ2v) is 5.13. The summed E-state index contributed by atoms with van der Waals surface area (Å²) in [5.41, 5.74) is 1.98. The summed E-state index contributed by atoms with van der Waals surface area (Å²) in [6, 6.07) is 13.5. The van der Waals surface area contributed by atoms with Crippen molar-refractivity contribution in [3.63, 3.8) is 0 Å². The summed E-state index contributed by atoms with van der Waals surface area (Å²) in [4.78, 5) is 12.3. The average Bonchev–Trinajstić information content (AvgIpc) is 2.96. The number of aromatic nitrogens is 1. The molecule has 0 radical (unpaired) electrons. The zero-order chi connectivity index (χ0) is 15.9. The minimum atomic E-state index is -0.345. The maximum absolute atomic E-state index is 12.3. The summed E-state index contributed by atoms with van der Waals surface area (Å²) in [7, 11) is 1.89. The molecule has 2 rings (SSSR count). The van der Waals surface area contributed by atoms with E-state index in [9.17, 15) is 10.1 Å². The molecule has 22 heavy (non-hydrogen) atoms. The summed E-state index contributed by atoms with van der Waals surface area (Å²) < 4.78 is 1.87. The molecule has 0 bridgehead atoms. The van der Waals surface area contributed by atoms with E-state index in [1.165, 1.54) is 0 Å². The topological polar surface area (TPSA) is 57.8 Å². The molecule has 1 atom stereocenters. The summed E-state index contributed by atoms with van der Waals surface area (Å²) in [5.74, 6) is -0.345.